The van der Waals surface area contributed by atoms with E-state index in [1.165, 1.54) is 0 Å². The first-order valence-corrected chi connectivity index (χ1v) is 7.64. The smallest absolute Gasteiger partial charge is 0.289 e. The van der Waals surface area contributed by atoms with Gasteiger partial charge in [0.05, 0.1) is 0 Å². The number of amides is 1. The summed E-state index contributed by atoms with van der Waals surface area (Å²) in [7, 11) is 1.76. The van der Waals surface area contributed by atoms with Gasteiger partial charge in [-0.25, -0.2) is 0 Å². The molecule has 3 rings (SSSR count). The van der Waals surface area contributed by atoms with E-state index in [0.29, 0.717) is 24.5 Å². The molecule has 1 aromatic heterocycles. The number of carbonyl (C=O) groups is 1. The molecule has 0 spiro atoms. The van der Waals surface area contributed by atoms with E-state index in [1.807, 2.05) is 61.5 Å². The summed E-state index contributed by atoms with van der Waals surface area (Å²) in [5.74, 6) is 0.988. The summed E-state index contributed by atoms with van der Waals surface area (Å²) in [4.78, 5) is 14.2. The number of hydrogen-bond acceptors (Lipinski definition) is 3. The minimum Gasteiger partial charge on any atom is -0.489 e. The molecule has 0 fully saturated rings. The van der Waals surface area contributed by atoms with E-state index in [9.17, 15) is 4.79 Å². The molecule has 0 radical (unpaired) electrons. The molecule has 4 nitrogen and oxygen atoms in total. The molecule has 3 aromatic rings. The van der Waals surface area contributed by atoms with Gasteiger partial charge in [-0.05, 0) is 25.1 Å². The minimum atomic E-state index is -0.129. The van der Waals surface area contributed by atoms with E-state index in [2.05, 4.69) is 0 Å². The fourth-order valence-corrected chi connectivity index (χ4v) is 2.40. The van der Waals surface area contributed by atoms with Gasteiger partial charge in [-0.1, -0.05) is 36.4 Å². The normalized spacial score (nSPS) is 10.7. The Morgan fingerprint density at radius 3 is 2.52 bits per heavy atom. The van der Waals surface area contributed by atoms with E-state index >= 15 is 0 Å². The van der Waals surface area contributed by atoms with Crippen LogP contribution in [0.15, 0.2) is 59.0 Å². The van der Waals surface area contributed by atoms with Crippen LogP contribution in [0.5, 0.6) is 5.75 Å². The number of hydrogen-bond donors (Lipinski definition) is 0. The van der Waals surface area contributed by atoms with Crippen LogP contribution >= 0.6 is 0 Å². The first kappa shape index (κ1) is 15.2. The van der Waals surface area contributed by atoms with E-state index in [0.717, 1.165) is 16.7 Å². The summed E-state index contributed by atoms with van der Waals surface area (Å²) in [6.07, 6.45) is 0. The molecule has 23 heavy (non-hydrogen) atoms. The van der Waals surface area contributed by atoms with Gasteiger partial charge in [0.2, 0.25) is 0 Å². The Balaban J connectivity index is 1.97. The summed E-state index contributed by atoms with van der Waals surface area (Å²) in [5, 5.41) is 0.913. The van der Waals surface area contributed by atoms with Crippen molar-refractivity contribution in [1.82, 2.24) is 4.90 Å². The third-order valence-electron chi connectivity index (χ3n) is 3.84. The molecule has 2 aromatic carbocycles. The Hall–Kier alpha value is -2.75. The fraction of sp³-hybridized carbons (Fsp3) is 0.211. The Bertz CT molecular complexity index is 808. The molecule has 0 atom stereocenters. The Morgan fingerprint density at radius 2 is 1.78 bits per heavy atom. The van der Waals surface area contributed by atoms with Gasteiger partial charge in [0.25, 0.3) is 5.91 Å². The maximum Gasteiger partial charge on any atom is 0.289 e. The molecule has 0 N–H and O–H groups in total. The summed E-state index contributed by atoms with van der Waals surface area (Å²) in [6.45, 7) is 2.84. The highest BCUT2D eigenvalue weighted by molar-refractivity contribution is 5.98. The van der Waals surface area contributed by atoms with Crippen molar-refractivity contribution in [2.45, 2.75) is 13.5 Å². The van der Waals surface area contributed by atoms with Crippen LogP contribution in [0.4, 0.5) is 0 Å². The van der Waals surface area contributed by atoms with Gasteiger partial charge >= 0.3 is 0 Å². The zero-order chi connectivity index (χ0) is 16.2. The van der Waals surface area contributed by atoms with Gasteiger partial charge in [-0.15, -0.1) is 0 Å². The zero-order valence-corrected chi connectivity index (χ0v) is 13.3. The second-order valence-electron chi connectivity index (χ2n) is 5.33. The molecule has 1 heterocycles. The van der Waals surface area contributed by atoms with Crippen LogP contribution in [-0.2, 0) is 6.61 Å². The Labute approximate surface area is 135 Å². The predicted molar refractivity (Wildman–Crippen MR) is 89.6 cm³/mol. The molecule has 0 saturated carbocycles. The first-order valence-electron chi connectivity index (χ1n) is 7.64. The Morgan fingerprint density at radius 1 is 1.09 bits per heavy atom. The van der Waals surface area contributed by atoms with Crippen LogP contribution in [0.3, 0.4) is 0 Å². The molecular weight excluding hydrogens is 290 g/mol. The van der Waals surface area contributed by atoms with Crippen molar-refractivity contribution >= 4 is 16.9 Å². The lowest BCUT2D eigenvalue weighted by Crippen LogP contribution is -2.26. The van der Waals surface area contributed by atoms with Crippen molar-refractivity contribution in [2.75, 3.05) is 13.6 Å². The van der Waals surface area contributed by atoms with E-state index in [1.54, 1.807) is 11.9 Å². The molecular formula is C19H19NO3. The van der Waals surface area contributed by atoms with Gasteiger partial charge in [0, 0.05) is 24.5 Å². The molecule has 118 valence electrons. The van der Waals surface area contributed by atoms with Gasteiger partial charge in [0.1, 0.15) is 17.9 Å². The first-order chi connectivity index (χ1) is 11.2. The number of carbonyl (C=O) groups excluding carboxylic acids is 1. The number of nitrogens with zero attached hydrogens (tertiary/aromatic N) is 1. The van der Waals surface area contributed by atoms with Crippen LogP contribution in [-0.4, -0.2) is 24.4 Å². The highest BCUT2D eigenvalue weighted by Crippen LogP contribution is 2.28. The lowest BCUT2D eigenvalue weighted by atomic mass is 10.1. The quantitative estimate of drug-likeness (QED) is 0.712. The fourth-order valence-electron chi connectivity index (χ4n) is 2.40. The average Bonchev–Trinajstić information content (AvgIpc) is 2.98. The van der Waals surface area contributed by atoms with E-state index < -0.39 is 0 Å². The molecule has 1 amide bonds. The second kappa shape index (κ2) is 6.57. The number of furan rings is 1. The van der Waals surface area contributed by atoms with E-state index in [4.69, 9.17) is 9.15 Å². The van der Waals surface area contributed by atoms with Crippen LogP contribution < -0.4 is 4.74 Å². The maximum absolute atomic E-state index is 12.6. The summed E-state index contributed by atoms with van der Waals surface area (Å²) in [6, 6.07) is 17.2. The van der Waals surface area contributed by atoms with Crippen LogP contribution in [0.2, 0.25) is 0 Å². The molecule has 4 heteroatoms. The zero-order valence-electron chi connectivity index (χ0n) is 13.3. The lowest BCUT2D eigenvalue weighted by Gasteiger charge is -2.14. The van der Waals surface area contributed by atoms with Crippen molar-refractivity contribution in [1.29, 1.82) is 0 Å². The Kier molecular flexibility index (Phi) is 4.33. The summed E-state index contributed by atoms with van der Waals surface area (Å²) in [5.41, 5.74) is 1.49. The average molecular weight is 309 g/mol. The predicted octanol–water partition coefficient (Wildman–Crippen LogP) is 4.10. The van der Waals surface area contributed by atoms with E-state index in [-0.39, 0.29) is 5.91 Å². The number of fused-ring (bicyclic) bond motifs is 1. The minimum absolute atomic E-state index is 0.129. The van der Waals surface area contributed by atoms with Gasteiger partial charge in [0.15, 0.2) is 5.76 Å². The summed E-state index contributed by atoms with van der Waals surface area (Å²) >= 11 is 0. The van der Waals surface area contributed by atoms with Crippen molar-refractivity contribution in [3.05, 3.63) is 65.9 Å². The van der Waals surface area contributed by atoms with Crippen molar-refractivity contribution in [3.8, 4) is 5.75 Å². The topological polar surface area (TPSA) is 42.7 Å². The monoisotopic (exact) mass is 309 g/mol. The lowest BCUT2D eigenvalue weighted by molar-refractivity contribution is 0.0769. The highest BCUT2D eigenvalue weighted by atomic mass is 16.5. The second-order valence-corrected chi connectivity index (χ2v) is 5.33. The molecule has 0 aliphatic rings. The van der Waals surface area contributed by atoms with Gasteiger partial charge < -0.3 is 14.1 Å². The number of benzene rings is 2. The van der Waals surface area contributed by atoms with Gasteiger partial charge in [-0.3, -0.25) is 4.79 Å². The standard InChI is InChI=1S/C19H19NO3/c1-3-20(2)19(21)18-16(13-22-14-9-5-4-6-10-14)15-11-7-8-12-17(15)23-18/h4-12H,3,13H2,1-2H3. The number of rotatable bonds is 5. The molecule has 0 bridgehead atoms. The van der Waals surface area contributed by atoms with Crippen LogP contribution in [0, 0.1) is 0 Å². The molecule has 0 aliphatic carbocycles. The van der Waals surface area contributed by atoms with Crippen molar-refractivity contribution in [2.24, 2.45) is 0 Å². The van der Waals surface area contributed by atoms with Crippen molar-refractivity contribution < 1.29 is 13.9 Å². The molecule has 0 saturated heterocycles. The van der Waals surface area contributed by atoms with Crippen LogP contribution in [0.1, 0.15) is 23.0 Å². The molecule has 0 aliphatic heterocycles. The third kappa shape index (κ3) is 3.06. The highest BCUT2D eigenvalue weighted by Gasteiger charge is 2.23. The van der Waals surface area contributed by atoms with Crippen molar-refractivity contribution in [3.63, 3.8) is 0 Å². The maximum atomic E-state index is 12.6. The van der Waals surface area contributed by atoms with Gasteiger partial charge in [-0.2, -0.15) is 0 Å². The largest absolute Gasteiger partial charge is 0.489 e. The summed E-state index contributed by atoms with van der Waals surface area (Å²) < 4.78 is 11.6. The SMILES string of the molecule is CCN(C)C(=O)c1oc2ccccc2c1COc1ccccc1. The molecule has 0 unspecified atom stereocenters. The third-order valence-corrected chi connectivity index (χ3v) is 3.84. The van der Waals surface area contributed by atoms with Crippen LogP contribution in [0.25, 0.3) is 11.0 Å². The number of para-hydroxylation sites is 2. The number of ether oxygens (including phenoxy) is 1.